The van der Waals surface area contributed by atoms with E-state index in [1.165, 1.54) is 6.07 Å². The molecule has 0 radical (unpaired) electrons. The van der Waals surface area contributed by atoms with Crippen LogP contribution in [0.3, 0.4) is 0 Å². The smallest absolute Gasteiger partial charge is 0.310 e. The highest BCUT2D eigenvalue weighted by atomic mass is 35.5. The Morgan fingerprint density at radius 3 is 2.39 bits per heavy atom. The highest BCUT2D eigenvalue weighted by Crippen LogP contribution is 2.33. The molecule has 1 aliphatic rings. The summed E-state index contributed by atoms with van der Waals surface area (Å²) in [7, 11) is 0. The molecule has 0 amide bonds. The number of nitrogens with one attached hydrogen (secondary N) is 1. The van der Waals surface area contributed by atoms with Crippen LogP contribution in [0.5, 0.6) is 0 Å². The van der Waals surface area contributed by atoms with E-state index >= 15 is 0 Å². The fourth-order valence-electron chi connectivity index (χ4n) is 2.11. The molecule has 0 aliphatic carbocycles. The zero-order valence-electron chi connectivity index (χ0n) is 9.56. The molecule has 1 unspecified atom stereocenters. The van der Waals surface area contributed by atoms with Crippen LogP contribution in [-0.2, 0) is 6.18 Å². The van der Waals surface area contributed by atoms with Gasteiger partial charge in [0.15, 0.2) is 0 Å². The zero-order valence-corrected chi connectivity index (χ0v) is 10.4. The Hall–Kier alpha value is -0.810. The molecule has 1 N–H and O–H groups in total. The molecule has 0 aromatic heterocycles. The SMILES string of the molecule is Cl.Fc1cc(C2CCCCN2)ccc1C(F)(F)F. The molecule has 0 bridgehead atoms. The lowest BCUT2D eigenvalue weighted by Crippen LogP contribution is -2.27. The Morgan fingerprint density at radius 1 is 1.17 bits per heavy atom. The minimum absolute atomic E-state index is 0. The molecule has 6 heteroatoms. The van der Waals surface area contributed by atoms with Gasteiger partial charge in [-0.05, 0) is 37.1 Å². The van der Waals surface area contributed by atoms with Crippen LogP contribution in [0, 0.1) is 5.82 Å². The van der Waals surface area contributed by atoms with E-state index in [2.05, 4.69) is 5.32 Å². The summed E-state index contributed by atoms with van der Waals surface area (Å²) in [4.78, 5) is 0. The molecule has 1 saturated heterocycles. The van der Waals surface area contributed by atoms with Crippen molar-refractivity contribution in [2.75, 3.05) is 6.54 Å². The van der Waals surface area contributed by atoms with E-state index in [1.54, 1.807) is 0 Å². The van der Waals surface area contributed by atoms with Gasteiger partial charge < -0.3 is 5.32 Å². The standard InChI is InChI=1S/C12H13F4N.ClH/c13-10-7-8(11-3-1-2-6-17-11)4-5-9(10)12(14,15)16;/h4-5,7,11,17H,1-3,6H2;1H. The van der Waals surface area contributed by atoms with E-state index in [-0.39, 0.29) is 18.4 Å². The maximum absolute atomic E-state index is 13.4. The van der Waals surface area contributed by atoms with Crippen LogP contribution in [0.4, 0.5) is 17.6 Å². The van der Waals surface area contributed by atoms with Gasteiger partial charge in [-0.2, -0.15) is 13.2 Å². The van der Waals surface area contributed by atoms with Crippen molar-refractivity contribution in [2.45, 2.75) is 31.5 Å². The Labute approximate surface area is 109 Å². The van der Waals surface area contributed by atoms with E-state index in [0.717, 1.165) is 37.9 Å². The highest BCUT2D eigenvalue weighted by Gasteiger charge is 2.34. The van der Waals surface area contributed by atoms with Gasteiger partial charge in [0.2, 0.25) is 0 Å². The van der Waals surface area contributed by atoms with Crippen molar-refractivity contribution in [1.29, 1.82) is 0 Å². The molecule has 2 rings (SSSR count). The fraction of sp³-hybridized carbons (Fsp3) is 0.500. The number of rotatable bonds is 1. The summed E-state index contributed by atoms with van der Waals surface area (Å²) in [5.41, 5.74) is -0.604. The average Bonchev–Trinajstić information content (AvgIpc) is 2.28. The topological polar surface area (TPSA) is 12.0 Å². The molecule has 1 heterocycles. The molecular formula is C12H14ClF4N. The normalized spacial score (nSPS) is 20.3. The molecule has 0 spiro atoms. The van der Waals surface area contributed by atoms with Gasteiger partial charge in [-0.1, -0.05) is 12.5 Å². The van der Waals surface area contributed by atoms with Crippen LogP contribution in [0.25, 0.3) is 0 Å². The number of hydrogen-bond donors (Lipinski definition) is 1. The lowest BCUT2D eigenvalue weighted by atomic mass is 9.96. The Bertz CT molecular complexity index is 400. The monoisotopic (exact) mass is 283 g/mol. The van der Waals surface area contributed by atoms with Crippen LogP contribution in [0.15, 0.2) is 18.2 Å². The second-order valence-electron chi connectivity index (χ2n) is 4.24. The number of alkyl halides is 3. The molecular weight excluding hydrogens is 270 g/mol. The van der Waals surface area contributed by atoms with Gasteiger partial charge in [-0.3, -0.25) is 0 Å². The van der Waals surface area contributed by atoms with Gasteiger partial charge in [0.05, 0.1) is 5.56 Å². The molecule has 1 fully saturated rings. The summed E-state index contributed by atoms with van der Waals surface area (Å²) >= 11 is 0. The number of hydrogen-bond acceptors (Lipinski definition) is 1. The van der Waals surface area contributed by atoms with Crippen LogP contribution < -0.4 is 5.32 Å². The molecule has 1 aliphatic heterocycles. The summed E-state index contributed by atoms with van der Waals surface area (Å²) in [6.45, 7) is 0.827. The first-order chi connectivity index (χ1) is 7.98. The zero-order chi connectivity index (χ0) is 12.5. The summed E-state index contributed by atoms with van der Waals surface area (Å²) in [5.74, 6) is -1.19. The summed E-state index contributed by atoms with van der Waals surface area (Å²) < 4.78 is 50.5. The molecule has 18 heavy (non-hydrogen) atoms. The van der Waals surface area contributed by atoms with Crippen LogP contribution in [-0.4, -0.2) is 6.54 Å². The van der Waals surface area contributed by atoms with Crippen LogP contribution in [0.2, 0.25) is 0 Å². The van der Waals surface area contributed by atoms with Gasteiger partial charge in [0.25, 0.3) is 0 Å². The minimum Gasteiger partial charge on any atom is -0.310 e. The lowest BCUT2D eigenvalue weighted by Gasteiger charge is -2.24. The van der Waals surface area contributed by atoms with Crippen molar-refractivity contribution in [3.05, 3.63) is 35.1 Å². The molecule has 1 aromatic carbocycles. The van der Waals surface area contributed by atoms with Crippen LogP contribution in [0.1, 0.15) is 36.4 Å². The lowest BCUT2D eigenvalue weighted by molar-refractivity contribution is -0.140. The largest absolute Gasteiger partial charge is 0.419 e. The summed E-state index contributed by atoms with van der Waals surface area (Å²) in [6.07, 6.45) is -1.71. The second-order valence-corrected chi connectivity index (χ2v) is 4.24. The van der Waals surface area contributed by atoms with E-state index in [0.29, 0.717) is 5.56 Å². The van der Waals surface area contributed by atoms with Crippen LogP contribution >= 0.6 is 12.4 Å². The van der Waals surface area contributed by atoms with Gasteiger partial charge in [0, 0.05) is 6.04 Å². The van der Waals surface area contributed by atoms with E-state index < -0.39 is 17.6 Å². The van der Waals surface area contributed by atoms with E-state index in [4.69, 9.17) is 0 Å². The molecule has 1 nitrogen and oxygen atoms in total. The van der Waals surface area contributed by atoms with Crippen molar-refractivity contribution in [3.8, 4) is 0 Å². The number of piperidine rings is 1. The highest BCUT2D eigenvalue weighted by molar-refractivity contribution is 5.85. The van der Waals surface area contributed by atoms with Gasteiger partial charge in [0.1, 0.15) is 5.82 Å². The first kappa shape index (κ1) is 15.2. The van der Waals surface area contributed by atoms with Crippen molar-refractivity contribution in [2.24, 2.45) is 0 Å². The third-order valence-corrected chi connectivity index (χ3v) is 3.01. The van der Waals surface area contributed by atoms with Gasteiger partial charge in [-0.15, -0.1) is 12.4 Å². The maximum atomic E-state index is 13.4. The van der Waals surface area contributed by atoms with Crippen molar-refractivity contribution < 1.29 is 17.6 Å². The Kier molecular flexibility index (Phi) is 4.99. The molecule has 1 atom stereocenters. The van der Waals surface area contributed by atoms with E-state index in [9.17, 15) is 17.6 Å². The first-order valence-corrected chi connectivity index (χ1v) is 5.58. The van der Waals surface area contributed by atoms with Crippen molar-refractivity contribution >= 4 is 12.4 Å². The summed E-state index contributed by atoms with van der Waals surface area (Å²) in [6, 6.07) is 3.14. The van der Waals surface area contributed by atoms with E-state index in [1.807, 2.05) is 0 Å². The molecule has 102 valence electrons. The molecule has 0 saturated carbocycles. The quantitative estimate of drug-likeness (QED) is 0.766. The van der Waals surface area contributed by atoms with Crippen molar-refractivity contribution in [1.82, 2.24) is 5.32 Å². The average molecular weight is 284 g/mol. The maximum Gasteiger partial charge on any atom is 0.419 e. The molecule has 1 aromatic rings. The summed E-state index contributed by atoms with van der Waals surface area (Å²) in [5, 5.41) is 3.17. The van der Waals surface area contributed by atoms with Gasteiger partial charge >= 0.3 is 6.18 Å². The predicted molar refractivity (Wildman–Crippen MR) is 63.2 cm³/mol. The number of halogens is 5. The number of benzene rings is 1. The predicted octanol–water partition coefficient (Wildman–Crippen LogP) is 4.08. The Morgan fingerprint density at radius 2 is 1.89 bits per heavy atom. The third kappa shape index (κ3) is 3.36. The third-order valence-electron chi connectivity index (χ3n) is 3.01. The second kappa shape index (κ2) is 5.89. The Balaban J connectivity index is 0.00000162. The fourth-order valence-corrected chi connectivity index (χ4v) is 2.11. The first-order valence-electron chi connectivity index (χ1n) is 5.58. The minimum atomic E-state index is -4.62. The van der Waals surface area contributed by atoms with Gasteiger partial charge in [-0.25, -0.2) is 4.39 Å². The van der Waals surface area contributed by atoms with Crippen molar-refractivity contribution in [3.63, 3.8) is 0 Å².